The third-order valence-corrected chi connectivity index (χ3v) is 6.66. The van der Waals surface area contributed by atoms with E-state index in [1.165, 1.54) is 6.07 Å². The monoisotopic (exact) mass is 462 g/mol. The molecule has 1 aliphatic heterocycles. The van der Waals surface area contributed by atoms with Gasteiger partial charge in [-0.3, -0.25) is 0 Å². The average Bonchev–Trinajstić information content (AvgIpc) is 3.13. The highest BCUT2D eigenvalue weighted by Crippen LogP contribution is 2.28. The molecule has 8 nitrogen and oxygen atoms in total. The van der Waals surface area contributed by atoms with Crippen molar-refractivity contribution in [3.05, 3.63) is 47.4 Å². The van der Waals surface area contributed by atoms with Crippen LogP contribution in [-0.4, -0.2) is 58.5 Å². The summed E-state index contributed by atoms with van der Waals surface area (Å²) in [7, 11) is -4.29. The first-order chi connectivity index (χ1) is 14.5. The number of alkyl halides is 3. The first-order valence-electron chi connectivity index (χ1n) is 8.98. The standard InChI is InChI=1S/C17H15F5N6O2S/c1-10-8-14(28-16(23-10)24-15(25-28)17(20,21)22)26-4-6-27(7-5-26)31(29,30)13-9-11(18)2-3-12(13)19/h2-3,8-9H,4-7H2,1H3. The molecule has 0 unspecified atom stereocenters. The van der Waals surface area contributed by atoms with E-state index in [4.69, 9.17) is 0 Å². The molecule has 0 saturated carbocycles. The average molecular weight is 462 g/mol. The number of rotatable bonds is 3. The van der Waals surface area contributed by atoms with Gasteiger partial charge in [-0.05, 0) is 25.1 Å². The molecule has 1 aromatic carbocycles. The molecule has 1 aliphatic rings. The molecule has 166 valence electrons. The van der Waals surface area contributed by atoms with Crippen LogP contribution in [0.15, 0.2) is 29.2 Å². The van der Waals surface area contributed by atoms with Crippen LogP contribution >= 0.6 is 0 Å². The first kappa shape index (κ1) is 21.4. The summed E-state index contributed by atoms with van der Waals surface area (Å²) in [5.41, 5.74) is 0.403. The van der Waals surface area contributed by atoms with E-state index in [0.29, 0.717) is 11.8 Å². The van der Waals surface area contributed by atoms with Crippen molar-refractivity contribution in [3.63, 3.8) is 0 Å². The lowest BCUT2D eigenvalue weighted by Crippen LogP contribution is -2.49. The van der Waals surface area contributed by atoms with Gasteiger partial charge in [0.05, 0.1) is 0 Å². The van der Waals surface area contributed by atoms with Crippen LogP contribution in [-0.2, 0) is 16.2 Å². The largest absolute Gasteiger partial charge is 0.453 e. The number of benzene rings is 1. The van der Waals surface area contributed by atoms with Crippen molar-refractivity contribution in [2.24, 2.45) is 0 Å². The van der Waals surface area contributed by atoms with Crippen molar-refractivity contribution in [2.75, 3.05) is 31.1 Å². The van der Waals surface area contributed by atoms with Gasteiger partial charge in [0, 0.05) is 37.9 Å². The number of aromatic nitrogens is 4. The molecule has 0 spiro atoms. The van der Waals surface area contributed by atoms with Gasteiger partial charge in [0.1, 0.15) is 22.3 Å². The zero-order chi connectivity index (χ0) is 22.6. The Bertz CT molecular complexity index is 1250. The molecule has 0 bridgehead atoms. The molecule has 0 aliphatic carbocycles. The van der Waals surface area contributed by atoms with E-state index in [0.717, 1.165) is 21.0 Å². The fourth-order valence-electron chi connectivity index (χ4n) is 3.28. The molecule has 4 rings (SSSR count). The van der Waals surface area contributed by atoms with Crippen LogP contribution in [0.1, 0.15) is 11.5 Å². The van der Waals surface area contributed by atoms with Crippen LogP contribution in [0.5, 0.6) is 0 Å². The summed E-state index contributed by atoms with van der Waals surface area (Å²) in [4.78, 5) is 8.23. The third-order valence-electron chi connectivity index (χ3n) is 4.75. The lowest BCUT2D eigenvalue weighted by molar-refractivity contribution is -0.144. The highest BCUT2D eigenvalue weighted by molar-refractivity contribution is 7.89. The number of sulfonamides is 1. The van der Waals surface area contributed by atoms with Crippen LogP contribution in [0.2, 0.25) is 0 Å². The summed E-state index contributed by atoms with van der Waals surface area (Å²) in [5, 5.41) is 3.49. The summed E-state index contributed by atoms with van der Waals surface area (Å²) in [6.07, 6.45) is -4.75. The molecule has 3 heterocycles. The minimum Gasteiger partial charge on any atom is -0.354 e. The van der Waals surface area contributed by atoms with Crippen LogP contribution in [0.25, 0.3) is 5.78 Å². The Labute approximate surface area is 173 Å². The van der Waals surface area contributed by atoms with Gasteiger partial charge in [-0.2, -0.15) is 27.0 Å². The summed E-state index contributed by atoms with van der Waals surface area (Å²) < 4.78 is 93.8. The Morgan fingerprint density at radius 2 is 1.68 bits per heavy atom. The molecular weight excluding hydrogens is 447 g/mol. The maximum atomic E-state index is 14.0. The minimum absolute atomic E-state index is 0.0793. The molecule has 1 fully saturated rings. The molecular formula is C17H15F5N6O2S. The van der Waals surface area contributed by atoms with Gasteiger partial charge in [0.15, 0.2) is 0 Å². The fourth-order valence-corrected chi connectivity index (χ4v) is 4.78. The third kappa shape index (κ3) is 3.92. The number of fused-ring (bicyclic) bond motifs is 1. The second kappa shape index (κ2) is 7.37. The van der Waals surface area contributed by atoms with Crippen molar-refractivity contribution in [3.8, 4) is 0 Å². The number of halogens is 5. The van der Waals surface area contributed by atoms with E-state index in [1.807, 2.05) is 0 Å². The Hall–Kier alpha value is -2.87. The van der Waals surface area contributed by atoms with E-state index in [9.17, 15) is 30.4 Å². The predicted octanol–water partition coefficient (Wildman–Crippen LogP) is 2.24. The lowest BCUT2D eigenvalue weighted by Gasteiger charge is -2.35. The van der Waals surface area contributed by atoms with Gasteiger partial charge in [-0.15, -0.1) is 5.10 Å². The van der Waals surface area contributed by atoms with Crippen LogP contribution in [0.4, 0.5) is 27.8 Å². The van der Waals surface area contributed by atoms with Gasteiger partial charge >= 0.3 is 6.18 Å². The summed E-state index contributed by atoms with van der Waals surface area (Å²) >= 11 is 0. The van der Waals surface area contributed by atoms with Gasteiger partial charge < -0.3 is 4.90 Å². The van der Waals surface area contributed by atoms with Crippen molar-refractivity contribution >= 4 is 21.6 Å². The van der Waals surface area contributed by atoms with Gasteiger partial charge in [0.2, 0.25) is 10.0 Å². The van der Waals surface area contributed by atoms with E-state index in [2.05, 4.69) is 15.1 Å². The van der Waals surface area contributed by atoms with Crippen molar-refractivity contribution < 1.29 is 30.4 Å². The van der Waals surface area contributed by atoms with Gasteiger partial charge in [0.25, 0.3) is 11.6 Å². The van der Waals surface area contributed by atoms with E-state index in [1.54, 1.807) is 11.8 Å². The van der Waals surface area contributed by atoms with Crippen LogP contribution in [0, 0.1) is 18.6 Å². The predicted molar refractivity (Wildman–Crippen MR) is 97.9 cm³/mol. The maximum absolute atomic E-state index is 14.0. The Balaban J connectivity index is 1.61. The molecule has 0 atom stereocenters. The number of nitrogens with zero attached hydrogens (tertiary/aromatic N) is 6. The zero-order valence-electron chi connectivity index (χ0n) is 15.9. The molecule has 31 heavy (non-hydrogen) atoms. The molecule has 0 radical (unpaired) electrons. The maximum Gasteiger partial charge on any atom is 0.453 e. The van der Waals surface area contributed by atoms with Gasteiger partial charge in [-0.1, -0.05) is 0 Å². The number of hydrogen-bond acceptors (Lipinski definition) is 6. The topological polar surface area (TPSA) is 83.7 Å². The quantitative estimate of drug-likeness (QED) is 0.556. The molecule has 0 N–H and O–H groups in total. The smallest absolute Gasteiger partial charge is 0.354 e. The summed E-state index contributed by atoms with van der Waals surface area (Å²) in [6, 6.07) is 3.67. The number of hydrogen-bond donors (Lipinski definition) is 0. The van der Waals surface area contributed by atoms with Crippen LogP contribution in [0.3, 0.4) is 0 Å². The Kier molecular flexibility index (Phi) is 5.08. The summed E-state index contributed by atoms with van der Waals surface area (Å²) in [5.74, 6) is -3.27. The first-order valence-corrected chi connectivity index (χ1v) is 10.4. The number of aryl methyl sites for hydroxylation is 1. The van der Waals surface area contributed by atoms with Crippen LogP contribution < -0.4 is 4.90 Å². The molecule has 0 amide bonds. The van der Waals surface area contributed by atoms with E-state index < -0.39 is 38.6 Å². The SMILES string of the molecule is Cc1cc(N2CCN(S(=O)(=O)c3cc(F)ccc3F)CC2)n2nc(C(F)(F)F)nc2n1. The normalized spacial score (nSPS) is 16.3. The Morgan fingerprint density at radius 1 is 1.00 bits per heavy atom. The molecule has 1 saturated heterocycles. The highest BCUT2D eigenvalue weighted by atomic mass is 32.2. The molecule has 14 heteroatoms. The van der Waals surface area contributed by atoms with Gasteiger partial charge in [-0.25, -0.2) is 22.2 Å². The van der Waals surface area contributed by atoms with Crippen molar-refractivity contribution in [1.82, 2.24) is 23.9 Å². The zero-order valence-corrected chi connectivity index (χ0v) is 16.8. The van der Waals surface area contributed by atoms with E-state index in [-0.39, 0.29) is 37.8 Å². The van der Waals surface area contributed by atoms with Crippen molar-refractivity contribution in [2.45, 2.75) is 18.0 Å². The highest BCUT2D eigenvalue weighted by Gasteiger charge is 2.37. The second-order valence-electron chi connectivity index (χ2n) is 6.87. The molecule has 3 aromatic rings. The lowest BCUT2D eigenvalue weighted by atomic mass is 10.3. The number of piperazine rings is 1. The van der Waals surface area contributed by atoms with E-state index >= 15 is 0 Å². The molecule has 2 aromatic heterocycles. The summed E-state index contributed by atoms with van der Waals surface area (Å²) in [6.45, 7) is 1.55. The Morgan fingerprint density at radius 3 is 2.32 bits per heavy atom. The second-order valence-corrected chi connectivity index (χ2v) is 8.77. The fraction of sp³-hybridized carbons (Fsp3) is 0.353. The van der Waals surface area contributed by atoms with Crippen molar-refractivity contribution in [1.29, 1.82) is 0 Å². The number of anilines is 1. The minimum atomic E-state index is -4.75.